The maximum atomic E-state index is 13.2. The number of halogens is 4. The SMILES string of the molecule is C[C@@H](C(=O)Nc1ccc(Cl)cc1C(F)(F)F)[NH+]1CCc2ccccc2C1. The maximum Gasteiger partial charge on any atom is 0.418 e. The molecule has 0 saturated heterocycles. The van der Waals surface area contributed by atoms with E-state index in [1.807, 2.05) is 18.2 Å². The van der Waals surface area contributed by atoms with Gasteiger partial charge >= 0.3 is 6.18 Å². The molecular weight excluding hydrogens is 365 g/mol. The highest BCUT2D eigenvalue weighted by atomic mass is 35.5. The van der Waals surface area contributed by atoms with Gasteiger partial charge in [-0.05, 0) is 30.7 Å². The lowest BCUT2D eigenvalue weighted by molar-refractivity contribution is -0.929. The normalized spacial score (nSPS) is 18.1. The number of nitrogens with one attached hydrogen (secondary N) is 2. The van der Waals surface area contributed by atoms with Crippen LogP contribution in [0.3, 0.4) is 0 Å². The smallest absolute Gasteiger partial charge is 0.321 e. The van der Waals surface area contributed by atoms with Gasteiger partial charge in [-0.2, -0.15) is 13.2 Å². The van der Waals surface area contributed by atoms with Gasteiger partial charge in [0.2, 0.25) is 0 Å². The number of hydrogen-bond donors (Lipinski definition) is 2. The molecule has 2 aromatic rings. The minimum atomic E-state index is -4.59. The van der Waals surface area contributed by atoms with Gasteiger partial charge in [0, 0.05) is 17.0 Å². The van der Waals surface area contributed by atoms with Crippen molar-refractivity contribution in [2.24, 2.45) is 0 Å². The Hall–Kier alpha value is -2.05. The summed E-state index contributed by atoms with van der Waals surface area (Å²) in [6, 6.07) is 10.9. The number of rotatable bonds is 3. The van der Waals surface area contributed by atoms with Crippen LogP contribution in [0.25, 0.3) is 0 Å². The second-order valence-electron chi connectivity index (χ2n) is 6.50. The second kappa shape index (κ2) is 7.29. The monoisotopic (exact) mass is 383 g/mol. The highest BCUT2D eigenvalue weighted by Crippen LogP contribution is 2.36. The van der Waals surface area contributed by atoms with Gasteiger partial charge in [0.15, 0.2) is 6.04 Å². The molecule has 1 unspecified atom stereocenters. The molecule has 2 N–H and O–H groups in total. The van der Waals surface area contributed by atoms with E-state index in [1.54, 1.807) is 6.92 Å². The largest absolute Gasteiger partial charge is 0.418 e. The van der Waals surface area contributed by atoms with Crippen molar-refractivity contribution in [3.8, 4) is 0 Å². The number of amides is 1. The van der Waals surface area contributed by atoms with E-state index in [0.29, 0.717) is 6.54 Å². The predicted octanol–water partition coefficient (Wildman–Crippen LogP) is 3.33. The van der Waals surface area contributed by atoms with Gasteiger partial charge in [0.1, 0.15) is 6.54 Å². The minimum absolute atomic E-state index is 0.0263. The van der Waals surface area contributed by atoms with E-state index in [0.717, 1.165) is 23.9 Å². The molecule has 3 rings (SSSR count). The number of carbonyl (C=O) groups is 1. The number of benzene rings is 2. The van der Waals surface area contributed by atoms with Gasteiger partial charge in [-0.3, -0.25) is 4.79 Å². The second-order valence-corrected chi connectivity index (χ2v) is 6.94. The van der Waals surface area contributed by atoms with Crippen molar-refractivity contribution in [3.05, 3.63) is 64.2 Å². The number of alkyl halides is 3. The third-order valence-electron chi connectivity index (χ3n) is 4.80. The molecule has 1 heterocycles. The van der Waals surface area contributed by atoms with Crippen molar-refractivity contribution in [2.75, 3.05) is 11.9 Å². The molecule has 0 aromatic heterocycles. The molecule has 138 valence electrons. The Labute approximate surface area is 154 Å². The van der Waals surface area contributed by atoms with Crippen LogP contribution in [-0.2, 0) is 23.9 Å². The molecule has 0 aliphatic carbocycles. The molecule has 26 heavy (non-hydrogen) atoms. The molecule has 1 amide bonds. The molecule has 0 spiro atoms. The molecule has 0 fully saturated rings. The zero-order valence-corrected chi connectivity index (χ0v) is 14.9. The first-order valence-corrected chi connectivity index (χ1v) is 8.72. The third kappa shape index (κ3) is 4.02. The average Bonchev–Trinajstić information content (AvgIpc) is 2.61. The maximum absolute atomic E-state index is 13.2. The highest BCUT2D eigenvalue weighted by molar-refractivity contribution is 6.30. The summed E-state index contributed by atoms with van der Waals surface area (Å²) < 4.78 is 39.6. The standard InChI is InChI=1S/C19H18ClF3N2O/c1-12(25-9-8-13-4-2-3-5-14(13)11-25)18(26)24-17-7-6-15(20)10-16(17)19(21,22)23/h2-7,10,12H,8-9,11H2,1H3,(H,24,26)/p+1/t12-/m0/s1. The Kier molecular flexibility index (Phi) is 5.25. The summed E-state index contributed by atoms with van der Waals surface area (Å²) in [4.78, 5) is 13.6. The van der Waals surface area contributed by atoms with Crippen LogP contribution in [0.1, 0.15) is 23.6 Å². The summed E-state index contributed by atoms with van der Waals surface area (Å²) in [5.41, 5.74) is 1.23. The van der Waals surface area contributed by atoms with Crippen LogP contribution >= 0.6 is 11.6 Å². The molecule has 0 radical (unpaired) electrons. The first kappa shape index (κ1) is 18.7. The molecule has 1 aliphatic heterocycles. The van der Waals surface area contributed by atoms with Crippen LogP contribution in [0, 0.1) is 0 Å². The minimum Gasteiger partial charge on any atom is -0.321 e. The van der Waals surface area contributed by atoms with Gasteiger partial charge in [-0.25, -0.2) is 0 Å². The van der Waals surface area contributed by atoms with Crippen LogP contribution < -0.4 is 10.2 Å². The summed E-state index contributed by atoms with van der Waals surface area (Å²) in [7, 11) is 0. The molecule has 3 nitrogen and oxygen atoms in total. The molecular formula is C19H19ClF3N2O+. The van der Waals surface area contributed by atoms with Gasteiger partial charge in [0.05, 0.1) is 17.8 Å². The fourth-order valence-electron chi connectivity index (χ4n) is 3.26. The van der Waals surface area contributed by atoms with Gasteiger partial charge < -0.3 is 10.2 Å². The topological polar surface area (TPSA) is 33.5 Å². The van der Waals surface area contributed by atoms with Gasteiger partial charge in [-0.1, -0.05) is 35.9 Å². The van der Waals surface area contributed by atoms with E-state index in [4.69, 9.17) is 11.6 Å². The van der Waals surface area contributed by atoms with Crippen molar-refractivity contribution in [2.45, 2.75) is 32.1 Å². The quantitative estimate of drug-likeness (QED) is 0.837. The molecule has 0 saturated carbocycles. The zero-order chi connectivity index (χ0) is 18.9. The van der Waals surface area contributed by atoms with Crippen LogP contribution in [0.2, 0.25) is 5.02 Å². The van der Waals surface area contributed by atoms with Crippen molar-refractivity contribution < 1.29 is 22.9 Å². The average molecular weight is 384 g/mol. The van der Waals surface area contributed by atoms with E-state index in [1.165, 1.54) is 23.3 Å². The number of fused-ring (bicyclic) bond motifs is 1. The molecule has 0 bridgehead atoms. The first-order valence-electron chi connectivity index (χ1n) is 8.34. The Morgan fingerprint density at radius 2 is 1.88 bits per heavy atom. The van der Waals surface area contributed by atoms with Crippen LogP contribution in [-0.4, -0.2) is 18.5 Å². The Morgan fingerprint density at radius 3 is 2.58 bits per heavy atom. The summed E-state index contributed by atoms with van der Waals surface area (Å²) in [6.07, 6.45) is -3.74. The number of carbonyl (C=O) groups excluding carboxylic acids is 1. The van der Waals surface area contributed by atoms with E-state index in [2.05, 4.69) is 11.4 Å². The van der Waals surface area contributed by atoms with Crippen LogP contribution in [0.5, 0.6) is 0 Å². The first-order chi connectivity index (χ1) is 12.3. The fourth-order valence-corrected chi connectivity index (χ4v) is 3.43. The Bertz CT molecular complexity index is 823. The highest BCUT2D eigenvalue weighted by Gasteiger charge is 2.35. The van der Waals surface area contributed by atoms with Gasteiger partial charge in [0.25, 0.3) is 5.91 Å². The van der Waals surface area contributed by atoms with Crippen molar-refractivity contribution in [3.63, 3.8) is 0 Å². The number of hydrogen-bond acceptors (Lipinski definition) is 1. The molecule has 2 aromatic carbocycles. The predicted molar refractivity (Wildman–Crippen MR) is 94.2 cm³/mol. The summed E-state index contributed by atoms with van der Waals surface area (Å²) in [5.74, 6) is -0.438. The number of quaternary nitrogens is 1. The lowest BCUT2D eigenvalue weighted by Crippen LogP contribution is -3.16. The number of anilines is 1. The Balaban J connectivity index is 1.75. The molecule has 2 atom stereocenters. The van der Waals surface area contributed by atoms with Crippen molar-refractivity contribution in [1.29, 1.82) is 0 Å². The van der Waals surface area contributed by atoms with Crippen LogP contribution in [0.15, 0.2) is 42.5 Å². The third-order valence-corrected chi connectivity index (χ3v) is 5.04. The molecule has 7 heteroatoms. The van der Waals surface area contributed by atoms with E-state index in [-0.39, 0.29) is 10.7 Å². The van der Waals surface area contributed by atoms with Crippen molar-refractivity contribution >= 4 is 23.2 Å². The van der Waals surface area contributed by atoms with E-state index >= 15 is 0 Å². The summed E-state index contributed by atoms with van der Waals surface area (Å²) in [5, 5.41) is 2.40. The lowest BCUT2D eigenvalue weighted by Gasteiger charge is -2.30. The fraction of sp³-hybridized carbons (Fsp3) is 0.316. The zero-order valence-electron chi connectivity index (χ0n) is 14.2. The van der Waals surface area contributed by atoms with Gasteiger partial charge in [-0.15, -0.1) is 0 Å². The summed E-state index contributed by atoms with van der Waals surface area (Å²) >= 11 is 5.67. The van der Waals surface area contributed by atoms with Crippen molar-refractivity contribution in [1.82, 2.24) is 0 Å². The molecule has 1 aliphatic rings. The lowest BCUT2D eigenvalue weighted by atomic mass is 9.98. The van der Waals surface area contributed by atoms with E-state index in [9.17, 15) is 18.0 Å². The summed E-state index contributed by atoms with van der Waals surface area (Å²) in [6.45, 7) is 3.18. The Morgan fingerprint density at radius 1 is 1.19 bits per heavy atom. The van der Waals surface area contributed by atoms with E-state index < -0.39 is 23.7 Å². The van der Waals surface area contributed by atoms with Crippen LogP contribution in [0.4, 0.5) is 18.9 Å².